The Morgan fingerprint density at radius 1 is 1.25 bits per heavy atom. The maximum absolute atomic E-state index is 12.0. The Labute approximate surface area is 118 Å². The first kappa shape index (κ1) is 15.7. The molecule has 0 radical (unpaired) electrons. The molecule has 1 N–H and O–H groups in total. The van der Waals surface area contributed by atoms with E-state index < -0.39 is 5.97 Å². The van der Waals surface area contributed by atoms with Gasteiger partial charge in [0, 0.05) is 19.5 Å². The van der Waals surface area contributed by atoms with Gasteiger partial charge in [-0.3, -0.25) is 9.59 Å². The van der Waals surface area contributed by atoms with Gasteiger partial charge >= 0.3 is 5.97 Å². The predicted molar refractivity (Wildman–Crippen MR) is 73.7 cm³/mol. The SMILES string of the molecule is CCCN(Cc1ccc(C#N)cc1)C(=O)CCC(=O)O. The summed E-state index contributed by atoms with van der Waals surface area (Å²) < 4.78 is 0. The van der Waals surface area contributed by atoms with Crippen molar-refractivity contribution < 1.29 is 14.7 Å². The minimum absolute atomic E-state index is 0.0195. The highest BCUT2D eigenvalue weighted by molar-refractivity contribution is 5.80. The third kappa shape index (κ3) is 5.11. The smallest absolute Gasteiger partial charge is 0.303 e. The molecule has 106 valence electrons. The van der Waals surface area contributed by atoms with Crippen LogP contribution in [0.1, 0.15) is 37.3 Å². The first-order valence-corrected chi connectivity index (χ1v) is 6.55. The van der Waals surface area contributed by atoms with Crippen LogP contribution in [0.5, 0.6) is 0 Å². The van der Waals surface area contributed by atoms with Gasteiger partial charge in [-0.25, -0.2) is 0 Å². The van der Waals surface area contributed by atoms with Crippen LogP contribution in [0.25, 0.3) is 0 Å². The Balaban J connectivity index is 2.67. The molecule has 0 atom stereocenters. The molecule has 5 nitrogen and oxygen atoms in total. The van der Waals surface area contributed by atoms with E-state index in [1.807, 2.05) is 25.1 Å². The number of benzene rings is 1. The average Bonchev–Trinajstić information content (AvgIpc) is 2.45. The van der Waals surface area contributed by atoms with Gasteiger partial charge in [0.05, 0.1) is 18.1 Å². The molecule has 1 amide bonds. The standard InChI is InChI=1S/C15H18N2O3/c1-2-9-17(14(18)7-8-15(19)20)11-13-5-3-12(10-16)4-6-13/h3-6H,2,7-9,11H2,1H3,(H,19,20). The molecule has 0 heterocycles. The first-order chi connectivity index (χ1) is 9.56. The highest BCUT2D eigenvalue weighted by Gasteiger charge is 2.14. The quantitative estimate of drug-likeness (QED) is 0.826. The Hall–Kier alpha value is -2.35. The average molecular weight is 274 g/mol. The maximum Gasteiger partial charge on any atom is 0.303 e. The van der Waals surface area contributed by atoms with E-state index >= 15 is 0 Å². The third-order valence-electron chi connectivity index (χ3n) is 2.86. The van der Waals surface area contributed by atoms with E-state index in [0.717, 1.165) is 12.0 Å². The summed E-state index contributed by atoms with van der Waals surface area (Å²) in [7, 11) is 0. The zero-order chi connectivity index (χ0) is 15.0. The van der Waals surface area contributed by atoms with Crippen LogP contribution in [0.4, 0.5) is 0 Å². The molecule has 5 heteroatoms. The summed E-state index contributed by atoms with van der Waals surface area (Å²) in [5.74, 6) is -1.12. The van der Waals surface area contributed by atoms with Gasteiger partial charge in [0.2, 0.25) is 5.91 Å². The number of hydrogen-bond acceptors (Lipinski definition) is 3. The van der Waals surface area contributed by atoms with Gasteiger partial charge in [-0.15, -0.1) is 0 Å². The van der Waals surface area contributed by atoms with E-state index in [2.05, 4.69) is 0 Å². The van der Waals surface area contributed by atoms with Crippen molar-refractivity contribution in [1.29, 1.82) is 5.26 Å². The number of nitrogens with zero attached hydrogens (tertiary/aromatic N) is 2. The van der Waals surface area contributed by atoms with Crippen molar-refractivity contribution in [3.63, 3.8) is 0 Å². The number of rotatable bonds is 7. The van der Waals surface area contributed by atoms with Gasteiger partial charge in [0.1, 0.15) is 0 Å². The van der Waals surface area contributed by atoms with Crippen LogP contribution in [0.15, 0.2) is 24.3 Å². The van der Waals surface area contributed by atoms with Gasteiger partial charge in [0.15, 0.2) is 0 Å². The zero-order valence-electron chi connectivity index (χ0n) is 11.5. The normalized spacial score (nSPS) is 9.80. The van der Waals surface area contributed by atoms with Gasteiger partial charge in [-0.1, -0.05) is 19.1 Å². The molecule has 0 saturated heterocycles. The van der Waals surface area contributed by atoms with E-state index in [0.29, 0.717) is 18.7 Å². The van der Waals surface area contributed by atoms with Crippen molar-refractivity contribution >= 4 is 11.9 Å². The summed E-state index contributed by atoms with van der Waals surface area (Å²) in [6, 6.07) is 9.08. The van der Waals surface area contributed by atoms with Gasteiger partial charge < -0.3 is 10.0 Å². The summed E-state index contributed by atoms with van der Waals surface area (Å²) in [5, 5.41) is 17.4. The van der Waals surface area contributed by atoms with Crippen molar-refractivity contribution in [2.75, 3.05) is 6.54 Å². The fraction of sp³-hybridized carbons (Fsp3) is 0.400. The number of nitriles is 1. The van der Waals surface area contributed by atoms with Crippen LogP contribution in [0.2, 0.25) is 0 Å². The van der Waals surface area contributed by atoms with Crippen LogP contribution in [-0.2, 0) is 16.1 Å². The van der Waals surface area contributed by atoms with E-state index in [1.165, 1.54) is 0 Å². The zero-order valence-corrected chi connectivity index (χ0v) is 11.5. The molecular formula is C15H18N2O3. The van der Waals surface area contributed by atoms with Crippen LogP contribution >= 0.6 is 0 Å². The molecule has 0 aliphatic heterocycles. The van der Waals surface area contributed by atoms with Crippen molar-refractivity contribution in [3.05, 3.63) is 35.4 Å². The van der Waals surface area contributed by atoms with Crippen LogP contribution < -0.4 is 0 Å². The Morgan fingerprint density at radius 2 is 1.90 bits per heavy atom. The molecule has 0 unspecified atom stereocenters. The Kier molecular flexibility index (Phi) is 6.24. The lowest BCUT2D eigenvalue weighted by Crippen LogP contribution is -2.31. The second-order valence-corrected chi connectivity index (χ2v) is 4.52. The predicted octanol–water partition coefficient (Wildman–Crippen LogP) is 2.16. The second-order valence-electron chi connectivity index (χ2n) is 4.52. The molecule has 0 spiro atoms. The molecule has 0 fully saturated rings. The minimum atomic E-state index is -0.965. The molecule has 1 aromatic carbocycles. The van der Waals surface area contributed by atoms with E-state index in [-0.39, 0.29) is 18.7 Å². The van der Waals surface area contributed by atoms with Crippen LogP contribution in [0, 0.1) is 11.3 Å². The fourth-order valence-corrected chi connectivity index (χ4v) is 1.84. The fourth-order valence-electron chi connectivity index (χ4n) is 1.84. The van der Waals surface area contributed by atoms with E-state index in [9.17, 15) is 9.59 Å². The first-order valence-electron chi connectivity index (χ1n) is 6.55. The summed E-state index contributed by atoms with van der Waals surface area (Å²) in [5.41, 5.74) is 1.51. The Bertz CT molecular complexity index is 503. The van der Waals surface area contributed by atoms with Crippen molar-refractivity contribution in [1.82, 2.24) is 4.90 Å². The summed E-state index contributed by atoms with van der Waals surface area (Å²) in [4.78, 5) is 24.1. The third-order valence-corrected chi connectivity index (χ3v) is 2.86. The van der Waals surface area contributed by atoms with Crippen LogP contribution in [0.3, 0.4) is 0 Å². The number of amides is 1. The lowest BCUT2D eigenvalue weighted by atomic mass is 10.1. The highest BCUT2D eigenvalue weighted by Crippen LogP contribution is 2.09. The van der Waals surface area contributed by atoms with Crippen LogP contribution in [-0.4, -0.2) is 28.4 Å². The second kappa shape index (κ2) is 7.95. The number of carbonyl (C=O) groups is 2. The molecular weight excluding hydrogens is 256 g/mol. The molecule has 0 saturated carbocycles. The topological polar surface area (TPSA) is 81.4 Å². The van der Waals surface area contributed by atoms with Gasteiger partial charge in [0.25, 0.3) is 0 Å². The molecule has 0 aliphatic rings. The lowest BCUT2D eigenvalue weighted by Gasteiger charge is -2.22. The summed E-state index contributed by atoms with van der Waals surface area (Å²) in [6.45, 7) is 3.01. The molecule has 0 aliphatic carbocycles. The largest absolute Gasteiger partial charge is 0.481 e. The number of carbonyl (C=O) groups excluding carboxylic acids is 1. The van der Waals surface area contributed by atoms with E-state index in [1.54, 1.807) is 17.0 Å². The molecule has 0 bridgehead atoms. The van der Waals surface area contributed by atoms with E-state index in [4.69, 9.17) is 10.4 Å². The number of carboxylic acid groups (broad SMARTS) is 1. The Morgan fingerprint density at radius 3 is 2.40 bits per heavy atom. The minimum Gasteiger partial charge on any atom is -0.481 e. The molecule has 1 rings (SSSR count). The number of hydrogen-bond donors (Lipinski definition) is 1. The highest BCUT2D eigenvalue weighted by atomic mass is 16.4. The van der Waals surface area contributed by atoms with Crippen molar-refractivity contribution in [2.45, 2.75) is 32.7 Å². The van der Waals surface area contributed by atoms with Crippen molar-refractivity contribution in [2.24, 2.45) is 0 Å². The van der Waals surface area contributed by atoms with Gasteiger partial charge in [-0.05, 0) is 24.1 Å². The molecule has 20 heavy (non-hydrogen) atoms. The van der Waals surface area contributed by atoms with Crippen molar-refractivity contribution in [3.8, 4) is 6.07 Å². The lowest BCUT2D eigenvalue weighted by molar-refractivity contribution is -0.141. The maximum atomic E-state index is 12.0. The molecule has 0 aromatic heterocycles. The summed E-state index contributed by atoms with van der Waals surface area (Å²) in [6.07, 6.45) is 0.688. The molecule has 1 aromatic rings. The number of carboxylic acids is 1. The monoisotopic (exact) mass is 274 g/mol. The van der Waals surface area contributed by atoms with Gasteiger partial charge in [-0.2, -0.15) is 5.26 Å². The summed E-state index contributed by atoms with van der Waals surface area (Å²) >= 11 is 0. The number of aliphatic carboxylic acids is 1.